The summed E-state index contributed by atoms with van der Waals surface area (Å²) in [6, 6.07) is 25.8. The lowest BCUT2D eigenvalue weighted by Crippen LogP contribution is -2.45. The second kappa shape index (κ2) is 11.3. The molecule has 5 atom stereocenters. The average molecular weight is 533 g/mol. The van der Waals surface area contributed by atoms with Gasteiger partial charge in [-0.25, -0.2) is 9.59 Å². The van der Waals surface area contributed by atoms with Gasteiger partial charge in [0.2, 0.25) is 0 Å². The molecule has 0 bridgehead atoms. The molecule has 3 aliphatic rings. The Balaban J connectivity index is 1.10. The molecule has 40 heavy (non-hydrogen) atoms. The van der Waals surface area contributed by atoms with E-state index in [2.05, 4.69) is 19.1 Å². The van der Waals surface area contributed by atoms with Gasteiger partial charge in [-0.15, -0.1) is 0 Å². The molecule has 0 aromatic heterocycles. The molecule has 0 aliphatic heterocycles. The minimum Gasteiger partial charge on any atom is -0.459 e. The van der Waals surface area contributed by atoms with Crippen molar-refractivity contribution in [3.63, 3.8) is 0 Å². The Hall–Kier alpha value is -3.92. The largest absolute Gasteiger partial charge is 0.459 e. The fourth-order valence-electron chi connectivity index (χ4n) is 7.55. The fraction of sp³-hybridized carbons (Fsp3) is 0.333. The van der Waals surface area contributed by atoms with E-state index < -0.39 is 0 Å². The molecular weight excluding hydrogens is 496 g/mol. The van der Waals surface area contributed by atoms with E-state index in [1.165, 1.54) is 17.2 Å². The fourth-order valence-corrected chi connectivity index (χ4v) is 7.55. The second-order valence-electron chi connectivity index (χ2n) is 11.7. The van der Waals surface area contributed by atoms with Gasteiger partial charge in [0, 0.05) is 17.6 Å². The predicted molar refractivity (Wildman–Crippen MR) is 158 cm³/mol. The first-order chi connectivity index (χ1) is 19.5. The molecule has 2 saturated carbocycles. The van der Waals surface area contributed by atoms with Crippen LogP contribution in [0.5, 0.6) is 5.75 Å². The molecule has 0 spiro atoms. The molecule has 6 rings (SSSR count). The van der Waals surface area contributed by atoms with Crippen molar-refractivity contribution in [3.05, 3.63) is 113 Å². The molecular formula is C36H36O4. The summed E-state index contributed by atoms with van der Waals surface area (Å²) in [7, 11) is 0. The van der Waals surface area contributed by atoms with Gasteiger partial charge < -0.3 is 9.47 Å². The molecule has 0 N–H and O–H groups in total. The average Bonchev–Trinajstić information content (AvgIpc) is 3.31. The Bertz CT molecular complexity index is 1420. The highest BCUT2D eigenvalue weighted by atomic mass is 16.5. The summed E-state index contributed by atoms with van der Waals surface area (Å²) in [5.41, 5.74) is 4.69. The maximum atomic E-state index is 12.7. The van der Waals surface area contributed by atoms with Crippen molar-refractivity contribution in [3.8, 4) is 5.75 Å². The van der Waals surface area contributed by atoms with Crippen LogP contribution in [0.25, 0.3) is 12.2 Å². The van der Waals surface area contributed by atoms with Crippen molar-refractivity contribution in [2.24, 2.45) is 17.3 Å². The van der Waals surface area contributed by atoms with Gasteiger partial charge in [-0.1, -0.05) is 73.7 Å². The Morgan fingerprint density at radius 1 is 0.800 bits per heavy atom. The molecule has 2 fully saturated rings. The maximum absolute atomic E-state index is 12.7. The van der Waals surface area contributed by atoms with E-state index in [0.29, 0.717) is 23.5 Å². The van der Waals surface area contributed by atoms with E-state index in [1.807, 2.05) is 72.8 Å². The second-order valence-corrected chi connectivity index (χ2v) is 11.7. The number of benzene rings is 3. The van der Waals surface area contributed by atoms with E-state index in [1.54, 1.807) is 12.2 Å². The summed E-state index contributed by atoms with van der Waals surface area (Å²) in [6.07, 6.45) is 12.9. The predicted octanol–water partition coefficient (Wildman–Crippen LogP) is 7.79. The van der Waals surface area contributed by atoms with Crippen molar-refractivity contribution < 1.29 is 19.1 Å². The van der Waals surface area contributed by atoms with Crippen molar-refractivity contribution in [1.82, 2.24) is 0 Å². The minimum absolute atomic E-state index is 0.0233. The highest BCUT2D eigenvalue weighted by Gasteiger charge is 2.56. The van der Waals surface area contributed by atoms with Gasteiger partial charge in [-0.05, 0) is 103 Å². The molecule has 3 aromatic rings. The minimum atomic E-state index is -0.365. The first kappa shape index (κ1) is 26.3. The lowest BCUT2D eigenvalue weighted by molar-refractivity contribution is -0.151. The lowest BCUT2D eigenvalue weighted by Gasteiger charge is -2.50. The molecule has 3 aliphatic carbocycles. The molecule has 0 heterocycles. The zero-order valence-electron chi connectivity index (χ0n) is 23.0. The highest BCUT2D eigenvalue weighted by Crippen LogP contribution is 2.61. The number of hydrogen-bond acceptors (Lipinski definition) is 4. The Labute approximate surface area is 236 Å². The summed E-state index contributed by atoms with van der Waals surface area (Å²) in [5, 5.41) is 0. The standard InChI is InChI=1S/C36H36O4/c1-36-23-22-30-29-17-15-28(39-34(37)20-12-25-8-4-2-5-9-25)24-27(29)14-16-31(30)32(36)18-19-33(36)40-35(38)21-13-26-10-6-3-7-11-26/h2-13,15,17,20-21,24,30-33H,14,16,18-19,22-23H2,1H3/t30-,31-,32-,33-,36-/m0/s1. The number of fused-ring (bicyclic) bond motifs is 5. The van der Waals surface area contributed by atoms with Crippen LogP contribution in [-0.4, -0.2) is 18.0 Å². The van der Waals surface area contributed by atoms with Gasteiger partial charge in [0.15, 0.2) is 0 Å². The third-order valence-electron chi connectivity index (χ3n) is 9.51. The van der Waals surface area contributed by atoms with Crippen LogP contribution in [0.2, 0.25) is 0 Å². The first-order valence-electron chi connectivity index (χ1n) is 14.5. The van der Waals surface area contributed by atoms with Crippen LogP contribution < -0.4 is 4.74 Å². The molecule has 0 unspecified atom stereocenters. The molecule has 3 aromatic carbocycles. The van der Waals surface area contributed by atoms with Crippen molar-refractivity contribution >= 4 is 24.1 Å². The number of rotatable bonds is 6. The van der Waals surface area contributed by atoms with Gasteiger partial charge in [0.1, 0.15) is 11.9 Å². The van der Waals surface area contributed by atoms with Crippen molar-refractivity contribution in [1.29, 1.82) is 0 Å². The smallest absolute Gasteiger partial charge is 0.336 e. The maximum Gasteiger partial charge on any atom is 0.336 e. The van der Waals surface area contributed by atoms with Gasteiger partial charge >= 0.3 is 11.9 Å². The number of esters is 2. The molecule has 0 radical (unpaired) electrons. The van der Waals surface area contributed by atoms with Crippen LogP contribution >= 0.6 is 0 Å². The topological polar surface area (TPSA) is 52.6 Å². The van der Waals surface area contributed by atoms with Crippen LogP contribution in [-0.2, 0) is 20.7 Å². The molecule has 0 saturated heterocycles. The number of aryl methyl sites for hydroxylation is 1. The number of carbonyl (C=O) groups is 2. The molecule has 4 heteroatoms. The quantitative estimate of drug-likeness (QED) is 0.185. The third-order valence-corrected chi connectivity index (χ3v) is 9.51. The first-order valence-corrected chi connectivity index (χ1v) is 14.5. The van der Waals surface area contributed by atoms with Crippen LogP contribution in [0.4, 0.5) is 0 Å². The Morgan fingerprint density at radius 3 is 2.17 bits per heavy atom. The lowest BCUT2D eigenvalue weighted by atomic mass is 9.55. The van der Waals surface area contributed by atoms with Crippen LogP contribution in [0.3, 0.4) is 0 Å². The highest BCUT2D eigenvalue weighted by molar-refractivity contribution is 5.88. The third kappa shape index (κ3) is 5.40. The zero-order valence-corrected chi connectivity index (χ0v) is 23.0. The summed E-state index contributed by atoms with van der Waals surface area (Å²) in [4.78, 5) is 25.1. The monoisotopic (exact) mass is 532 g/mol. The number of ether oxygens (including phenoxy) is 2. The summed E-state index contributed by atoms with van der Waals surface area (Å²) >= 11 is 0. The summed E-state index contributed by atoms with van der Waals surface area (Å²) in [5.74, 6) is 1.66. The molecule has 4 nitrogen and oxygen atoms in total. The van der Waals surface area contributed by atoms with Crippen LogP contribution in [0, 0.1) is 17.3 Å². The van der Waals surface area contributed by atoms with E-state index in [0.717, 1.165) is 49.7 Å². The Kier molecular flexibility index (Phi) is 7.42. The SMILES string of the molecule is C[C@]12CC[C@H]3c4ccc(OC(=O)C=Cc5ccccc5)cc4CC[C@@H]3[C@@H]1CC[C@@H]2OC(=O)C=Cc1ccccc1. The molecule has 0 amide bonds. The molecule has 204 valence electrons. The Morgan fingerprint density at radius 2 is 1.48 bits per heavy atom. The van der Waals surface area contributed by atoms with Crippen molar-refractivity contribution in [2.45, 2.75) is 57.5 Å². The van der Waals surface area contributed by atoms with Crippen LogP contribution in [0.15, 0.2) is 91.0 Å². The van der Waals surface area contributed by atoms with E-state index in [4.69, 9.17) is 9.47 Å². The van der Waals surface area contributed by atoms with Crippen LogP contribution in [0.1, 0.15) is 67.2 Å². The van der Waals surface area contributed by atoms with E-state index >= 15 is 0 Å². The normalized spacial score (nSPS) is 27.1. The zero-order chi connectivity index (χ0) is 27.5. The number of hydrogen-bond donors (Lipinski definition) is 0. The van der Waals surface area contributed by atoms with Gasteiger partial charge in [-0.2, -0.15) is 0 Å². The summed E-state index contributed by atoms with van der Waals surface area (Å²) < 4.78 is 11.7. The van der Waals surface area contributed by atoms with E-state index in [-0.39, 0.29) is 23.5 Å². The van der Waals surface area contributed by atoms with E-state index in [9.17, 15) is 9.59 Å². The van der Waals surface area contributed by atoms with Gasteiger partial charge in [0.25, 0.3) is 0 Å². The van der Waals surface area contributed by atoms with Gasteiger partial charge in [-0.3, -0.25) is 0 Å². The number of carbonyl (C=O) groups excluding carboxylic acids is 2. The van der Waals surface area contributed by atoms with Crippen molar-refractivity contribution in [2.75, 3.05) is 0 Å². The van der Waals surface area contributed by atoms with Gasteiger partial charge in [0.05, 0.1) is 0 Å². The summed E-state index contributed by atoms with van der Waals surface area (Å²) in [6.45, 7) is 2.35.